The summed E-state index contributed by atoms with van der Waals surface area (Å²) in [5.74, 6) is -3.62. The van der Waals surface area contributed by atoms with Gasteiger partial charge in [-0.2, -0.15) is 4.31 Å². The Labute approximate surface area is 189 Å². The lowest BCUT2D eigenvalue weighted by molar-refractivity contribution is -0.120. The lowest BCUT2D eigenvalue weighted by Gasteiger charge is -2.30. The van der Waals surface area contributed by atoms with E-state index in [4.69, 9.17) is 4.74 Å². The number of amides is 1. The molecule has 1 aliphatic rings. The second kappa shape index (κ2) is 9.63. The molecule has 0 spiro atoms. The molecule has 0 atom stereocenters. The van der Waals surface area contributed by atoms with Crippen molar-refractivity contribution in [2.45, 2.75) is 38.5 Å². The van der Waals surface area contributed by atoms with Gasteiger partial charge in [-0.3, -0.25) is 4.79 Å². The number of nitrogens with zero attached hydrogens (tertiary/aromatic N) is 1. The smallest absolute Gasteiger partial charge is 0.341 e. The second-order valence-corrected chi connectivity index (χ2v) is 10.6. The number of benzene rings is 1. The summed E-state index contributed by atoms with van der Waals surface area (Å²) in [6.45, 7) is 5.67. The summed E-state index contributed by atoms with van der Waals surface area (Å²) in [6.07, 6.45) is 0.514. The largest absolute Gasteiger partial charge is 0.462 e. The third-order valence-corrected chi connectivity index (χ3v) is 8.47. The molecule has 1 N–H and O–H groups in total. The molecular formula is C21H24F2N2O5S2. The number of aryl methyl sites for hydroxylation is 1. The van der Waals surface area contributed by atoms with E-state index in [0.29, 0.717) is 16.6 Å². The maximum Gasteiger partial charge on any atom is 0.341 e. The van der Waals surface area contributed by atoms with Crippen LogP contribution in [0.3, 0.4) is 0 Å². The number of thiophene rings is 1. The van der Waals surface area contributed by atoms with Gasteiger partial charge in [0.2, 0.25) is 15.9 Å². The molecule has 0 saturated carbocycles. The van der Waals surface area contributed by atoms with Crippen LogP contribution in [0.5, 0.6) is 0 Å². The molecule has 32 heavy (non-hydrogen) atoms. The molecule has 1 aliphatic heterocycles. The lowest BCUT2D eigenvalue weighted by atomic mass is 9.97. The molecule has 174 valence electrons. The average molecular weight is 487 g/mol. The van der Waals surface area contributed by atoms with Crippen LogP contribution < -0.4 is 5.32 Å². The van der Waals surface area contributed by atoms with Crippen LogP contribution in [0.15, 0.2) is 23.1 Å². The minimum atomic E-state index is -4.00. The number of carbonyl (C=O) groups is 2. The maximum atomic E-state index is 13.5. The van der Waals surface area contributed by atoms with Crippen LogP contribution in [0, 0.1) is 31.4 Å². The van der Waals surface area contributed by atoms with Gasteiger partial charge in [-0.25, -0.2) is 22.0 Å². The number of carbonyl (C=O) groups excluding carboxylic acids is 2. The molecule has 2 heterocycles. The Kier molecular flexibility index (Phi) is 7.31. The van der Waals surface area contributed by atoms with Crippen molar-refractivity contribution in [2.75, 3.05) is 25.0 Å². The molecule has 1 fully saturated rings. The molecule has 0 unspecified atom stereocenters. The van der Waals surface area contributed by atoms with Gasteiger partial charge in [0, 0.05) is 23.9 Å². The van der Waals surface area contributed by atoms with Gasteiger partial charge >= 0.3 is 5.97 Å². The zero-order valence-corrected chi connectivity index (χ0v) is 19.5. The Morgan fingerprint density at radius 2 is 1.84 bits per heavy atom. The Hall–Kier alpha value is -2.37. The number of anilines is 1. The standard InChI is InChI=1S/C21H24F2N2O5S2/c1-4-30-21(27)18-12(2)13(3)31-20(18)24-19(26)14-7-9-25(10-8-14)32(28,29)15-5-6-16(22)17(23)11-15/h5-6,11,14H,4,7-10H2,1-3H3,(H,24,26). The molecule has 1 aromatic carbocycles. The van der Waals surface area contributed by atoms with Crippen molar-refractivity contribution >= 4 is 38.2 Å². The highest BCUT2D eigenvalue weighted by Gasteiger charge is 2.33. The van der Waals surface area contributed by atoms with Crippen LogP contribution in [0.4, 0.5) is 13.8 Å². The van der Waals surface area contributed by atoms with E-state index in [1.807, 2.05) is 6.92 Å². The third kappa shape index (κ3) is 4.84. The molecule has 0 radical (unpaired) electrons. The quantitative estimate of drug-likeness (QED) is 0.626. The summed E-state index contributed by atoms with van der Waals surface area (Å²) >= 11 is 1.29. The van der Waals surface area contributed by atoms with E-state index in [0.717, 1.165) is 26.9 Å². The van der Waals surface area contributed by atoms with E-state index in [9.17, 15) is 26.8 Å². The molecule has 3 rings (SSSR count). The first-order valence-electron chi connectivity index (χ1n) is 10.1. The summed E-state index contributed by atoms with van der Waals surface area (Å²) in [5, 5.41) is 3.22. The van der Waals surface area contributed by atoms with E-state index in [-0.39, 0.29) is 43.3 Å². The summed E-state index contributed by atoms with van der Waals surface area (Å²) in [5.41, 5.74) is 1.08. The predicted molar refractivity (Wildman–Crippen MR) is 116 cm³/mol. The Balaban J connectivity index is 1.68. The monoisotopic (exact) mass is 486 g/mol. The molecule has 2 aromatic rings. The number of hydrogen-bond acceptors (Lipinski definition) is 6. The number of halogens is 2. The van der Waals surface area contributed by atoms with Crippen LogP contribution in [0.2, 0.25) is 0 Å². The minimum absolute atomic E-state index is 0.0621. The number of piperidine rings is 1. The molecule has 7 nitrogen and oxygen atoms in total. The van der Waals surface area contributed by atoms with Gasteiger partial charge in [0.05, 0.1) is 17.1 Å². The molecule has 1 saturated heterocycles. The van der Waals surface area contributed by atoms with Crippen molar-refractivity contribution in [3.63, 3.8) is 0 Å². The first-order valence-corrected chi connectivity index (χ1v) is 12.3. The number of esters is 1. The Morgan fingerprint density at radius 1 is 1.19 bits per heavy atom. The first kappa shape index (κ1) is 24.3. The summed E-state index contributed by atoms with van der Waals surface area (Å²) in [6, 6.07) is 2.45. The second-order valence-electron chi connectivity index (χ2n) is 7.45. The predicted octanol–water partition coefficient (Wildman–Crippen LogP) is 3.86. The van der Waals surface area contributed by atoms with Gasteiger partial charge in [-0.05, 0) is 57.4 Å². The fourth-order valence-electron chi connectivity index (χ4n) is 3.52. The SMILES string of the molecule is CCOC(=O)c1c(NC(=O)C2CCN(S(=O)(=O)c3ccc(F)c(F)c3)CC2)sc(C)c1C. The van der Waals surface area contributed by atoms with Gasteiger partial charge in [0.15, 0.2) is 11.6 Å². The third-order valence-electron chi connectivity index (χ3n) is 5.46. The van der Waals surface area contributed by atoms with E-state index in [1.165, 1.54) is 11.3 Å². The minimum Gasteiger partial charge on any atom is -0.462 e. The zero-order chi connectivity index (χ0) is 23.6. The summed E-state index contributed by atoms with van der Waals surface area (Å²) < 4.78 is 58.3. The fraction of sp³-hybridized carbons (Fsp3) is 0.429. The fourth-order valence-corrected chi connectivity index (χ4v) is 6.06. The van der Waals surface area contributed by atoms with Crippen molar-refractivity contribution < 1.29 is 31.5 Å². The summed E-state index contributed by atoms with van der Waals surface area (Å²) in [4.78, 5) is 25.7. The average Bonchev–Trinajstić information content (AvgIpc) is 3.03. The molecular weight excluding hydrogens is 462 g/mol. The topological polar surface area (TPSA) is 92.8 Å². The van der Waals surface area contributed by atoms with Crippen LogP contribution in [0.25, 0.3) is 0 Å². The van der Waals surface area contributed by atoms with Gasteiger partial charge < -0.3 is 10.1 Å². The molecule has 11 heteroatoms. The maximum absolute atomic E-state index is 13.5. The van der Waals surface area contributed by atoms with E-state index < -0.39 is 33.5 Å². The van der Waals surface area contributed by atoms with Crippen molar-refractivity contribution in [3.05, 3.63) is 45.8 Å². The van der Waals surface area contributed by atoms with E-state index >= 15 is 0 Å². The van der Waals surface area contributed by atoms with Gasteiger partial charge in [0.25, 0.3) is 0 Å². The van der Waals surface area contributed by atoms with Crippen LogP contribution in [0.1, 0.15) is 40.6 Å². The summed E-state index contributed by atoms with van der Waals surface area (Å²) in [7, 11) is -4.00. The number of rotatable bonds is 6. The number of sulfonamides is 1. The normalized spacial score (nSPS) is 15.5. The van der Waals surface area contributed by atoms with Crippen LogP contribution in [-0.2, 0) is 19.6 Å². The first-order chi connectivity index (χ1) is 15.1. The van der Waals surface area contributed by atoms with E-state index in [1.54, 1.807) is 13.8 Å². The Morgan fingerprint density at radius 3 is 2.44 bits per heavy atom. The lowest BCUT2D eigenvalue weighted by Crippen LogP contribution is -2.41. The Bertz CT molecular complexity index is 1140. The van der Waals surface area contributed by atoms with Gasteiger partial charge in [0.1, 0.15) is 5.00 Å². The highest BCUT2D eigenvalue weighted by Crippen LogP contribution is 2.34. The van der Waals surface area contributed by atoms with Crippen LogP contribution in [-0.4, -0.2) is 44.3 Å². The van der Waals surface area contributed by atoms with Crippen molar-refractivity contribution in [1.82, 2.24) is 4.31 Å². The number of hydrogen-bond donors (Lipinski definition) is 1. The van der Waals surface area contributed by atoms with Crippen molar-refractivity contribution in [1.29, 1.82) is 0 Å². The molecule has 0 aliphatic carbocycles. The zero-order valence-electron chi connectivity index (χ0n) is 17.9. The highest BCUT2D eigenvalue weighted by atomic mass is 32.2. The van der Waals surface area contributed by atoms with Gasteiger partial charge in [-0.1, -0.05) is 0 Å². The molecule has 1 aromatic heterocycles. The van der Waals surface area contributed by atoms with E-state index in [2.05, 4.69) is 5.32 Å². The van der Waals surface area contributed by atoms with Crippen LogP contribution >= 0.6 is 11.3 Å². The molecule has 0 bridgehead atoms. The number of nitrogens with one attached hydrogen (secondary N) is 1. The van der Waals surface area contributed by atoms with Gasteiger partial charge in [-0.15, -0.1) is 11.3 Å². The number of ether oxygens (including phenoxy) is 1. The molecule has 1 amide bonds. The van der Waals surface area contributed by atoms with Crippen molar-refractivity contribution in [3.8, 4) is 0 Å². The van der Waals surface area contributed by atoms with Crippen molar-refractivity contribution in [2.24, 2.45) is 5.92 Å². The highest BCUT2D eigenvalue weighted by molar-refractivity contribution is 7.89.